The van der Waals surface area contributed by atoms with Gasteiger partial charge in [0.1, 0.15) is 16.8 Å². The summed E-state index contributed by atoms with van der Waals surface area (Å²) in [5.41, 5.74) is 0. The maximum absolute atomic E-state index is 5.11. The Morgan fingerprint density at radius 3 is 3.23 bits per heavy atom. The fourth-order valence-corrected chi connectivity index (χ4v) is 4.42. The number of aryl methyl sites for hydroxylation is 1. The summed E-state index contributed by atoms with van der Waals surface area (Å²) in [7, 11) is 3.47. The molecule has 1 atom stereocenters. The van der Waals surface area contributed by atoms with E-state index >= 15 is 0 Å². The maximum Gasteiger partial charge on any atom is 0.191 e. The second-order valence-corrected chi connectivity index (χ2v) is 8.17. The van der Waals surface area contributed by atoms with Crippen molar-refractivity contribution < 1.29 is 4.74 Å². The summed E-state index contributed by atoms with van der Waals surface area (Å²) < 4.78 is 8.22. The molecule has 2 N–H and O–H groups in total. The van der Waals surface area contributed by atoms with Crippen molar-refractivity contribution in [1.29, 1.82) is 0 Å². The Hall–Kier alpha value is -1.65. The van der Waals surface area contributed by atoms with Gasteiger partial charge in [0.05, 0.1) is 6.54 Å². The lowest BCUT2D eigenvalue weighted by atomic mass is 10.1. The van der Waals surface area contributed by atoms with Crippen LogP contribution in [0.1, 0.15) is 24.5 Å². The number of aromatic nitrogens is 4. The largest absolute Gasteiger partial charge is 0.377 e. The summed E-state index contributed by atoms with van der Waals surface area (Å²) in [5.74, 6) is 3.68. The molecule has 2 aromatic rings. The summed E-state index contributed by atoms with van der Waals surface area (Å²) in [6, 6.07) is 0.301. The van der Waals surface area contributed by atoms with Crippen LogP contribution in [0.3, 0.4) is 0 Å². The van der Waals surface area contributed by atoms with Crippen molar-refractivity contribution in [2.75, 3.05) is 26.5 Å². The number of methoxy groups -OCH3 is 1. The van der Waals surface area contributed by atoms with Crippen LogP contribution in [0.5, 0.6) is 0 Å². The monoisotopic (exact) mass is 395 g/mol. The van der Waals surface area contributed by atoms with Crippen LogP contribution in [0, 0.1) is 0 Å². The lowest BCUT2D eigenvalue weighted by Crippen LogP contribution is -2.47. The number of fused-ring (bicyclic) bond motifs is 1. The molecule has 1 aliphatic heterocycles. The molecule has 3 rings (SSSR count). The maximum atomic E-state index is 5.11. The Morgan fingerprint density at radius 1 is 1.54 bits per heavy atom. The molecule has 0 bridgehead atoms. The molecule has 1 aliphatic rings. The van der Waals surface area contributed by atoms with Gasteiger partial charge >= 0.3 is 0 Å². The molecule has 0 aliphatic carbocycles. The lowest BCUT2D eigenvalue weighted by molar-refractivity contribution is 0.177. The number of hydrogen-bond acceptors (Lipinski definition) is 7. The number of nitrogens with zero attached hydrogens (tertiary/aromatic N) is 5. The normalized spacial score (nSPS) is 17.2. The third-order valence-electron chi connectivity index (χ3n) is 3.99. The number of thioether (sulfide) groups is 1. The zero-order valence-electron chi connectivity index (χ0n) is 15.1. The van der Waals surface area contributed by atoms with Crippen LogP contribution < -0.4 is 10.6 Å². The van der Waals surface area contributed by atoms with E-state index in [2.05, 4.69) is 30.7 Å². The first-order valence-corrected chi connectivity index (χ1v) is 10.6. The van der Waals surface area contributed by atoms with Crippen LogP contribution in [-0.2, 0) is 24.3 Å². The fraction of sp³-hybridized carbons (Fsp3) is 0.625. The third-order valence-corrected chi connectivity index (χ3v) is 6.04. The van der Waals surface area contributed by atoms with E-state index < -0.39 is 0 Å². The summed E-state index contributed by atoms with van der Waals surface area (Å²) in [6.45, 7) is 2.14. The van der Waals surface area contributed by atoms with Crippen LogP contribution in [0.15, 0.2) is 20.9 Å². The molecular weight excluding hydrogens is 370 g/mol. The third kappa shape index (κ3) is 5.42. The van der Waals surface area contributed by atoms with E-state index in [1.807, 2.05) is 16.3 Å². The molecule has 3 heterocycles. The zero-order chi connectivity index (χ0) is 18.2. The smallest absolute Gasteiger partial charge is 0.191 e. The number of nitrogens with one attached hydrogen (secondary N) is 2. The minimum atomic E-state index is 0.301. The van der Waals surface area contributed by atoms with E-state index in [0.717, 1.165) is 60.1 Å². The molecule has 1 unspecified atom stereocenters. The number of ether oxygens (including phenoxy) is 1. The topological polar surface area (TPSA) is 89.2 Å². The fourth-order valence-electron chi connectivity index (χ4n) is 2.78. The van der Waals surface area contributed by atoms with E-state index in [9.17, 15) is 0 Å². The standard InChI is InChI=1S/C16H25N7OS2/c1-17-15(18-6-3-8-25-16-19-7-9-26-16)20-12-4-5-14-21-13(11-24-2)22-23(14)10-12/h7,9,12H,3-6,8,10-11H2,1-2H3,(H2,17,18,20). The van der Waals surface area contributed by atoms with Gasteiger partial charge in [0.2, 0.25) is 0 Å². The Balaban J connectivity index is 1.39. The van der Waals surface area contributed by atoms with Gasteiger partial charge in [-0.3, -0.25) is 4.99 Å². The van der Waals surface area contributed by atoms with Crippen molar-refractivity contribution in [3.8, 4) is 0 Å². The van der Waals surface area contributed by atoms with Crippen molar-refractivity contribution in [2.24, 2.45) is 4.99 Å². The quantitative estimate of drug-likeness (QED) is 0.303. The van der Waals surface area contributed by atoms with Gasteiger partial charge in [-0.05, 0) is 12.8 Å². The predicted molar refractivity (Wildman–Crippen MR) is 105 cm³/mol. The minimum Gasteiger partial charge on any atom is -0.377 e. The van der Waals surface area contributed by atoms with Crippen LogP contribution in [0.2, 0.25) is 0 Å². The molecule has 0 saturated heterocycles. The highest BCUT2D eigenvalue weighted by Crippen LogP contribution is 2.20. The van der Waals surface area contributed by atoms with Crippen LogP contribution >= 0.6 is 23.1 Å². The molecule has 142 valence electrons. The molecule has 0 spiro atoms. The molecule has 0 saturated carbocycles. The Kier molecular flexibility index (Phi) is 7.27. The number of rotatable bonds is 8. The molecule has 0 amide bonds. The first-order valence-electron chi connectivity index (χ1n) is 8.69. The van der Waals surface area contributed by atoms with E-state index in [-0.39, 0.29) is 0 Å². The molecular formula is C16H25N7OS2. The second kappa shape index (κ2) is 9.89. The van der Waals surface area contributed by atoms with Gasteiger partial charge in [0.25, 0.3) is 0 Å². The first kappa shape index (κ1) is 19.1. The van der Waals surface area contributed by atoms with E-state index in [1.54, 1.807) is 37.3 Å². The van der Waals surface area contributed by atoms with Crippen LogP contribution in [0.25, 0.3) is 0 Å². The molecule has 0 aromatic carbocycles. The molecule has 10 heteroatoms. The highest BCUT2D eigenvalue weighted by atomic mass is 32.2. The first-order chi connectivity index (χ1) is 12.8. The van der Waals surface area contributed by atoms with Gasteiger partial charge < -0.3 is 15.4 Å². The number of hydrogen-bond donors (Lipinski definition) is 2. The Morgan fingerprint density at radius 2 is 2.46 bits per heavy atom. The van der Waals surface area contributed by atoms with Crippen molar-refractivity contribution >= 4 is 29.1 Å². The summed E-state index contributed by atoms with van der Waals surface area (Å²) >= 11 is 3.49. The summed E-state index contributed by atoms with van der Waals surface area (Å²) in [6.07, 6.45) is 4.84. The molecule has 8 nitrogen and oxygen atoms in total. The van der Waals surface area contributed by atoms with E-state index in [0.29, 0.717) is 12.6 Å². The lowest BCUT2D eigenvalue weighted by Gasteiger charge is -2.25. The Bertz CT molecular complexity index is 702. The van der Waals surface area contributed by atoms with Gasteiger partial charge in [-0.25, -0.2) is 14.6 Å². The molecule has 26 heavy (non-hydrogen) atoms. The second-order valence-electron chi connectivity index (χ2n) is 5.94. The van der Waals surface area contributed by atoms with Gasteiger partial charge in [0.15, 0.2) is 11.8 Å². The SMILES string of the molecule is CN=C(NCCCSc1nccs1)NC1CCc2nc(COC)nn2C1. The number of aliphatic imine (C=N–C) groups is 1. The highest BCUT2D eigenvalue weighted by Gasteiger charge is 2.22. The average Bonchev–Trinajstić information content (AvgIpc) is 3.29. The van der Waals surface area contributed by atoms with Gasteiger partial charge in [-0.15, -0.1) is 11.3 Å². The van der Waals surface area contributed by atoms with Crippen molar-refractivity contribution in [3.05, 3.63) is 23.2 Å². The summed E-state index contributed by atoms with van der Waals surface area (Å²) in [4.78, 5) is 13.1. The van der Waals surface area contributed by atoms with Crippen LogP contribution in [-0.4, -0.2) is 58.2 Å². The van der Waals surface area contributed by atoms with Crippen molar-refractivity contribution in [1.82, 2.24) is 30.4 Å². The number of guanidine groups is 1. The molecule has 0 radical (unpaired) electrons. The molecule has 2 aromatic heterocycles. The van der Waals surface area contributed by atoms with Crippen molar-refractivity contribution in [2.45, 2.75) is 42.8 Å². The van der Waals surface area contributed by atoms with E-state index in [4.69, 9.17) is 4.74 Å². The zero-order valence-corrected chi connectivity index (χ0v) is 16.8. The van der Waals surface area contributed by atoms with Gasteiger partial charge in [0, 0.05) is 50.5 Å². The van der Waals surface area contributed by atoms with E-state index in [1.165, 1.54) is 0 Å². The summed E-state index contributed by atoms with van der Waals surface area (Å²) in [5, 5.41) is 13.4. The van der Waals surface area contributed by atoms with Crippen molar-refractivity contribution in [3.63, 3.8) is 0 Å². The van der Waals surface area contributed by atoms with Gasteiger partial charge in [-0.2, -0.15) is 5.10 Å². The Labute approximate surface area is 161 Å². The number of thiazole rings is 1. The highest BCUT2D eigenvalue weighted by molar-refractivity contribution is 8.00. The van der Waals surface area contributed by atoms with Crippen LogP contribution in [0.4, 0.5) is 0 Å². The minimum absolute atomic E-state index is 0.301. The average molecular weight is 396 g/mol. The predicted octanol–water partition coefficient (Wildman–Crippen LogP) is 1.54. The van der Waals surface area contributed by atoms with Gasteiger partial charge in [-0.1, -0.05) is 11.8 Å². The molecule has 0 fully saturated rings.